The van der Waals surface area contributed by atoms with Crippen LogP contribution in [0.1, 0.15) is 65.1 Å². The molecule has 7 nitrogen and oxygen atoms in total. The van der Waals surface area contributed by atoms with Crippen LogP contribution in [0.4, 0.5) is 5.69 Å². The van der Waals surface area contributed by atoms with Crippen molar-refractivity contribution in [3.63, 3.8) is 0 Å². The zero-order valence-corrected chi connectivity index (χ0v) is 18.0. The Morgan fingerprint density at radius 3 is 2.56 bits per heavy atom. The molecule has 2 aromatic carbocycles. The molecule has 2 fully saturated rings. The average molecular weight is 433 g/mol. The highest BCUT2D eigenvalue weighted by molar-refractivity contribution is 6.05. The topological polar surface area (TPSA) is 105 Å². The van der Waals surface area contributed by atoms with Crippen molar-refractivity contribution in [1.29, 1.82) is 0 Å². The molecule has 4 N–H and O–H groups in total. The molecule has 0 radical (unpaired) electrons. The number of rotatable bonds is 5. The van der Waals surface area contributed by atoms with Gasteiger partial charge in [-0.05, 0) is 66.5 Å². The molecule has 5 rings (SSSR count). The number of hydrogen-bond donors (Lipinski definition) is 3. The van der Waals surface area contributed by atoms with Gasteiger partial charge in [-0.2, -0.15) is 0 Å². The van der Waals surface area contributed by atoms with E-state index in [0.29, 0.717) is 37.0 Å². The summed E-state index contributed by atoms with van der Waals surface area (Å²) >= 11 is 0. The summed E-state index contributed by atoms with van der Waals surface area (Å²) in [5.41, 5.74) is 11.1. The average Bonchev–Trinajstić information content (AvgIpc) is 3.36. The summed E-state index contributed by atoms with van der Waals surface area (Å²) in [6, 6.07) is 14.2. The summed E-state index contributed by atoms with van der Waals surface area (Å²) in [6.07, 6.45) is 3.97. The molecule has 1 aliphatic carbocycles. The normalized spacial score (nSPS) is 25.1. The first-order valence-corrected chi connectivity index (χ1v) is 11.3. The van der Waals surface area contributed by atoms with E-state index in [0.717, 1.165) is 36.1 Å². The largest absolute Gasteiger partial charge is 0.381 e. The maximum atomic E-state index is 12.8. The number of nitrogens with one attached hydrogen (secondary N) is 2. The molecule has 3 atom stereocenters. The Morgan fingerprint density at radius 2 is 1.84 bits per heavy atom. The number of piperidine rings is 1. The molecule has 1 saturated heterocycles. The third-order valence-electron chi connectivity index (χ3n) is 6.94. The van der Waals surface area contributed by atoms with Crippen molar-refractivity contribution >= 4 is 23.4 Å². The van der Waals surface area contributed by atoms with Gasteiger partial charge in [0, 0.05) is 36.8 Å². The van der Waals surface area contributed by atoms with E-state index in [1.54, 1.807) is 4.90 Å². The van der Waals surface area contributed by atoms with E-state index in [1.807, 2.05) is 18.2 Å². The van der Waals surface area contributed by atoms with E-state index in [2.05, 4.69) is 34.9 Å². The van der Waals surface area contributed by atoms with Crippen LogP contribution in [0.5, 0.6) is 0 Å². The first-order chi connectivity index (χ1) is 15.5. The Labute approximate surface area is 187 Å². The highest BCUT2D eigenvalue weighted by Crippen LogP contribution is 2.34. The van der Waals surface area contributed by atoms with E-state index >= 15 is 0 Å². The SMILES string of the molecule is N[C@@H]1CC[C@@H](c2ccc(NCc3ccc4c(c3)CN(C3CCC(=O)NC3=O)C4=O)cc2)C1. The lowest BCUT2D eigenvalue weighted by atomic mass is 9.97. The van der Waals surface area contributed by atoms with Crippen LogP contribution in [0, 0.1) is 0 Å². The molecular formula is C25H28N4O3. The lowest BCUT2D eigenvalue weighted by Gasteiger charge is -2.29. The van der Waals surface area contributed by atoms with Crippen LogP contribution in [-0.4, -0.2) is 34.7 Å². The molecule has 2 heterocycles. The Hall–Kier alpha value is -3.19. The van der Waals surface area contributed by atoms with Crippen molar-refractivity contribution in [2.24, 2.45) is 5.73 Å². The van der Waals surface area contributed by atoms with E-state index < -0.39 is 6.04 Å². The molecule has 0 spiro atoms. The monoisotopic (exact) mass is 432 g/mol. The molecule has 2 aromatic rings. The van der Waals surface area contributed by atoms with Gasteiger partial charge < -0.3 is 16.0 Å². The van der Waals surface area contributed by atoms with Crippen molar-refractivity contribution in [3.8, 4) is 0 Å². The second-order valence-electron chi connectivity index (χ2n) is 9.14. The predicted octanol–water partition coefficient (Wildman–Crippen LogP) is 2.65. The highest BCUT2D eigenvalue weighted by Gasteiger charge is 2.39. The van der Waals surface area contributed by atoms with Crippen LogP contribution in [0.3, 0.4) is 0 Å². The van der Waals surface area contributed by atoms with Gasteiger partial charge in [-0.15, -0.1) is 0 Å². The maximum absolute atomic E-state index is 12.8. The Bertz CT molecular complexity index is 1070. The summed E-state index contributed by atoms with van der Waals surface area (Å²) in [7, 11) is 0. The maximum Gasteiger partial charge on any atom is 0.255 e. The molecule has 0 aromatic heterocycles. The molecule has 2 aliphatic heterocycles. The number of carbonyl (C=O) groups is 3. The summed E-state index contributed by atoms with van der Waals surface area (Å²) in [4.78, 5) is 38.0. The molecule has 32 heavy (non-hydrogen) atoms. The predicted molar refractivity (Wildman–Crippen MR) is 121 cm³/mol. The first kappa shape index (κ1) is 20.7. The Balaban J connectivity index is 1.22. The number of amides is 3. The fourth-order valence-corrected chi connectivity index (χ4v) is 5.13. The van der Waals surface area contributed by atoms with Crippen molar-refractivity contribution in [2.75, 3.05) is 5.32 Å². The molecule has 3 aliphatic rings. The summed E-state index contributed by atoms with van der Waals surface area (Å²) in [5, 5.41) is 5.79. The zero-order chi connectivity index (χ0) is 22.2. The fourth-order valence-electron chi connectivity index (χ4n) is 5.13. The number of nitrogens with two attached hydrogens (primary N) is 1. The van der Waals surface area contributed by atoms with Crippen LogP contribution < -0.4 is 16.4 Å². The van der Waals surface area contributed by atoms with Gasteiger partial charge in [0.15, 0.2) is 0 Å². The lowest BCUT2D eigenvalue weighted by Crippen LogP contribution is -2.52. The second kappa shape index (κ2) is 8.39. The third kappa shape index (κ3) is 4.00. The van der Waals surface area contributed by atoms with Crippen molar-refractivity contribution in [1.82, 2.24) is 10.2 Å². The number of anilines is 1. The van der Waals surface area contributed by atoms with Crippen LogP contribution in [0.15, 0.2) is 42.5 Å². The summed E-state index contributed by atoms with van der Waals surface area (Å²) < 4.78 is 0. The number of carbonyl (C=O) groups excluding carboxylic acids is 3. The first-order valence-electron chi connectivity index (χ1n) is 11.3. The molecule has 166 valence electrons. The molecule has 0 bridgehead atoms. The quantitative estimate of drug-likeness (QED) is 0.630. The smallest absolute Gasteiger partial charge is 0.255 e. The highest BCUT2D eigenvalue weighted by atomic mass is 16.2. The lowest BCUT2D eigenvalue weighted by molar-refractivity contribution is -0.136. The molecule has 3 amide bonds. The fraction of sp³-hybridized carbons (Fsp3) is 0.400. The number of nitrogens with zero attached hydrogens (tertiary/aromatic N) is 1. The number of imide groups is 1. The number of benzene rings is 2. The molecule has 1 unspecified atom stereocenters. The minimum atomic E-state index is -0.581. The standard InChI is InChI=1S/C25H28N4O3/c26-19-5-2-17(12-19)16-3-6-20(7-4-16)27-13-15-1-8-21-18(11-15)14-29(25(21)32)22-9-10-23(30)28-24(22)31/h1,3-4,6-8,11,17,19,22,27H,2,5,9-10,12-14,26H2,(H,28,30,31)/t17-,19-,22?/m1/s1. The van der Waals surface area contributed by atoms with Crippen LogP contribution in [-0.2, 0) is 22.7 Å². The molecule has 1 saturated carbocycles. The van der Waals surface area contributed by atoms with Gasteiger partial charge >= 0.3 is 0 Å². The van der Waals surface area contributed by atoms with Gasteiger partial charge in [-0.3, -0.25) is 19.7 Å². The van der Waals surface area contributed by atoms with Gasteiger partial charge in [0.1, 0.15) is 6.04 Å². The van der Waals surface area contributed by atoms with Crippen LogP contribution >= 0.6 is 0 Å². The summed E-state index contributed by atoms with van der Waals surface area (Å²) in [5.74, 6) is -0.229. The van der Waals surface area contributed by atoms with Gasteiger partial charge in [0.2, 0.25) is 11.8 Å². The third-order valence-corrected chi connectivity index (χ3v) is 6.94. The number of fused-ring (bicyclic) bond motifs is 1. The van der Waals surface area contributed by atoms with Crippen molar-refractivity contribution in [2.45, 2.75) is 63.2 Å². The van der Waals surface area contributed by atoms with Crippen LogP contribution in [0.25, 0.3) is 0 Å². The minimum Gasteiger partial charge on any atom is -0.381 e. The Kier molecular flexibility index (Phi) is 5.43. The van der Waals surface area contributed by atoms with Crippen LogP contribution in [0.2, 0.25) is 0 Å². The summed E-state index contributed by atoms with van der Waals surface area (Å²) in [6.45, 7) is 1.04. The molecular weight excluding hydrogens is 404 g/mol. The van der Waals surface area contributed by atoms with Gasteiger partial charge in [-0.1, -0.05) is 24.3 Å². The molecule has 7 heteroatoms. The number of hydrogen-bond acceptors (Lipinski definition) is 5. The van der Waals surface area contributed by atoms with E-state index in [4.69, 9.17) is 5.73 Å². The van der Waals surface area contributed by atoms with E-state index in [-0.39, 0.29) is 24.1 Å². The minimum absolute atomic E-state index is 0.142. The van der Waals surface area contributed by atoms with Crippen molar-refractivity contribution < 1.29 is 14.4 Å². The van der Waals surface area contributed by atoms with E-state index in [1.165, 1.54) is 5.56 Å². The van der Waals surface area contributed by atoms with Gasteiger partial charge in [0.25, 0.3) is 5.91 Å². The van der Waals surface area contributed by atoms with Gasteiger partial charge in [-0.25, -0.2) is 0 Å². The van der Waals surface area contributed by atoms with Crippen molar-refractivity contribution in [3.05, 3.63) is 64.7 Å². The second-order valence-corrected chi connectivity index (χ2v) is 9.14. The van der Waals surface area contributed by atoms with Gasteiger partial charge in [0.05, 0.1) is 0 Å². The Morgan fingerprint density at radius 1 is 1.03 bits per heavy atom. The zero-order valence-electron chi connectivity index (χ0n) is 18.0. The van der Waals surface area contributed by atoms with E-state index in [9.17, 15) is 14.4 Å².